The molecule has 1 aromatic carbocycles. The largest absolute Gasteiger partial charge is 0.497 e. The van der Waals surface area contributed by atoms with Crippen LogP contribution in [0.2, 0.25) is 15.2 Å². The molecule has 0 fully saturated rings. The summed E-state index contributed by atoms with van der Waals surface area (Å²) in [5.74, 6) is 0.929. The molecule has 2 aromatic rings. The van der Waals surface area contributed by atoms with Crippen molar-refractivity contribution in [2.75, 3.05) is 12.5 Å². The van der Waals surface area contributed by atoms with Gasteiger partial charge in [-0.15, -0.1) is 0 Å². The minimum absolute atomic E-state index is 0.0275. The van der Waals surface area contributed by atoms with Crippen LogP contribution < -0.4 is 10.2 Å². The van der Waals surface area contributed by atoms with Crippen LogP contribution in [0, 0.1) is 11.3 Å². The molecule has 0 bridgehead atoms. The highest BCUT2D eigenvalue weighted by atomic mass is 35.5. The average Bonchev–Trinajstić information content (AvgIpc) is 2.57. The zero-order valence-electron chi connectivity index (χ0n) is 12.2. The maximum Gasteiger partial charge on any atom is 0.168 e. The fourth-order valence-corrected chi connectivity index (χ4v) is 2.38. The van der Waals surface area contributed by atoms with Crippen LogP contribution in [0.4, 0.5) is 5.82 Å². The molecular formula is C15H11Cl3N4O. The summed E-state index contributed by atoms with van der Waals surface area (Å²) in [5.41, 5.74) is 4.32. The molecule has 0 atom stereocenters. The number of anilines is 1. The summed E-state index contributed by atoms with van der Waals surface area (Å²) in [6.45, 7) is 1.82. The third kappa shape index (κ3) is 3.85. The third-order valence-electron chi connectivity index (χ3n) is 2.99. The first-order chi connectivity index (χ1) is 11.0. The zero-order chi connectivity index (χ0) is 17.0. The molecule has 8 heteroatoms. The van der Waals surface area contributed by atoms with Gasteiger partial charge in [0.1, 0.15) is 22.4 Å². The van der Waals surface area contributed by atoms with Crippen molar-refractivity contribution in [2.45, 2.75) is 6.92 Å². The van der Waals surface area contributed by atoms with Crippen LogP contribution >= 0.6 is 34.8 Å². The Hall–Kier alpha value is -2.00. The van der Waals surface area contributed by atoms with Crippen LogP contribution in [-0.4, -0.2) is 17.8 Å². The van der Waals surface area contributed by atoms with E-state index in [4.69, 9.17) is 44.8 Å². The quantitative estimate of drug-likeness (QED) is 0.479. The number of pyridine rings is 1. The number of benzene rings is 1. The summed E-state index contributed by atoms with van der Waals surface area (Å²) in [6, 6.07) is 9.24. The van der Waals surface area contributed by atoms with Gasteiger partial charge in [-0.3, -0.25) is 5.43 Å². The van der Waals surface area contributed by atoms with E-state index in [1.807, 2.05) is 37.3 Å². The lowest BCUT2D eigenvalue weighted by atomic mass is 10.1. The topological polar surface area (TPSA) is 70.3 Å². The Kier molecular flexibility index (Phi) is 5.67. The first-order valence-corrected chi connectivity index (χ1v) is 7.50. The summed E-state index contributed by atoms with van der Waals surface area (Å²) >= 11 is 17.9. The molecule has 0 radical (unpaired) electrons. The van der Waals surface area contributed by atoms with Crippen LogP contribution in [0.25, 0.3) is 0 Å². The molecule has 118 valence electrons. The summed E-state index contributed by atoms with van der Waals surface area (Å²) < 4.78 is 5.10. The van der Waals surface area contributed by atoms with Crippen molar-refractivity contribution in [1.82, 2.24) is 4.98 Å². The molecule has 1 heterocycles. The minimum atomic E-state index is -0.0401. The van der Waals surface area contributed by atoms with Gasteiger partial charge in [-0.1, -0.05) is 34.8 Å². The molecule has 0 spiro atoms. The Morgan fingerprint density at radius 3 is 2.43 bits per heavy atom. The molecule has 0 saturated carbocycles. The molecule has 0 amide bonds. The van der Waals surface area contributed by atoms with E-state index in [1.165, 1.54) is 0 Å². The Morgan fingerprint density at radius 1 is 1.22 bits per heavy atom. The smallest absolute Gasteiger partial charge is 0.168 e. The molecule has 2 rings (SSSR count). The van der Waals surface area contributed by atoms with Crippen LogP contribution in [0.1, 0.15) is 18.1 Å². The van der Waals surface area contributed by atoms with E-state index in [9.17, 15) is 0 Å². The van der Waals surface area contributed by atoms with Gasteiger partial charge in [0.05, 0.1) is 17.8 Å². The number of methoxy groups -OCH3 is 1. The maximum atomic E-state index is 8.95. The predicted molar refractivity (Wildman–Crippen MR) is 92.8 cm³/mol. The molecule has 23 heavy (non-hydrogen) atoms. The second-order valence-electron chi connectivity index (χ2n) is 4.40. The van der Waals surface area contributed by atoms with Gasteiger partial charge in [-0.05, 0) is 36.8 Å². The number of aromatic nitrogens is 1. The van der Waals surface area contributed by atoms with Gasteiger partial charge in [0, 0.05) is 0 Å². The van der Waals surface area contributed by atoms with Crippen molar-refractivity contribution in [3.8, 4) is 11.8 Å². The lowest BCUT2D eigenvalue weighted by Gasteiger charge is -2.08. The van der Waals surface area contributed by atoms with E-state index >= 15 is 0 Å². The Balaban J connectivity index is 2.27. The second-order valence-corrected chi connectivity index (χ2v) is 5.52. The first-order valence-electron chi connectivity index (χ1n) is 6.37. The van der Waals surface area contributed by atoms with E-state index < -0.39 is 0 Å². The summed E-state index contributed by atoms with van der Waals surface area (Å²) in [4.78, 5) is 3.99. The van der Waals surface area contributed by atoms with Gasteiger partial charge in [-0.25, -0.2) is 4.98 Å². The van der Waals surface area contributed by atoms with Crippen molar-refractivity contribution >= 4 is 46.3 Å². The highest BCUT2D eigenvalue weighted by Crippen LogP contribution is 2.34. The number of halogens is 3. The number of nitrogens with one attached hydrogen (secondary N) is 1. The molecule has 0 aliphatic heterocycles. The monoisotopic (exact) mass is 368 g/mol. The second kappa shape index (κ2) is 7.51. The van der Waals surface area contributed by atoms with Gasteiger partial charge in [-0.2, -0.15) is 10.4 Å². The van der Waals surface area contributed by atoms with Crippen molar-refractivity contribution in [3.63, 3.8) is 0 Å². The van der Waals surface area contributed by atoms with E-state index in [-0.39, 0.29) is 26.6 Å². The van der Waals surface area contributed by atoms with Gasteiger partial charge < -0.3 is 4.74 Å². The van der Waals surface area contributed by atoms with Crippen LogP contribution in [-0.2, 0) is 0 Å². The van der Waals surface area contributed by atoms with Gasteiger partial charge in [0.15, 0.2) is 11.0 Å². The first kappa shape index (κ1) is 17.4. The minimum Gasteiger partial charge on any atom is -0.497 e. The normalized spacial score (nSPS) is 11.0. The van der Waals surface area contributed by atoms with Gasteiger partial charge in [0.25, 0.3) is 0 Å². The lowest BCUT2D eigenvalue weighted by Crippen LogP contribution is -2.02. The number of hydrogen-bond acceptors (Lipinski definition) is 5. The van der Waals surface area contributed by atoms with Crippen molar-refractivity contribution in [2.24, 2.45) is 5.10 Å². The van der Waals surface area contributed by atoms with E-state index in [1.54, 1.807) is 7.11 Å². The molecule has 0 aliphatic carbocycles. The number of hydrogen-bond donors (Lipinski definition) is 1. The van der Waals surface area contributed by atoms with Gasteiger partial charge >= 0.3 is 0 Å². The summed E-state index contributed by atoms with van der Waals surface area (Å²) in [7, 11) is 1.60. The van der Waals surface area contributed by atoms with Gasteiger partial charge in [0.2, 0.25) is 0 Å². The van der Waals surface area contributed by atoms with E-state index in [0.29, 0.717) is 5.71 Å². The molecule has 1 N–H and O–H groups in total. The number of hydrazone groups is 1. The Bertz CT molecular complexity index is 798. The SMILES string of the molecule is COc1ccc(C(C)=NNc2nc(Cl)c(C#N)c(Cl)c2Cl)cc1. The van der Waals surface area contributed by atoms with Crippen molar-refractivity contribution in [1.29, 1.82) is 5.26 Å². The summed E-state index contributed by atoms with van der Waals surface area (Å²) in [5, 5.41) is 13.2. The van der Waals surface area contributed by atoms with Crippen LogP contribution in [0.15, 0.2) is 29.4 Å². The average molecular weight is 370 g/mol. The molecule has 1 aromatic heterocycles. The van der Waals surface area contributed by atoms with E-state index in [0.717, 1.165) is 11.3 Å². The Labute approximate surface area is 148 Å². The van der Waals surface area contributed by atoms with Crippen LogP contribution in [0.3, 0.4) is 0 Å². The summed E-state index contributed by atoms with van der Waals surface area (Å²) in [6.07, 6.45) is 0. The fraction of sp³-hybridized carbons (Fsp3) is 0.133. The molecule has 0 unspecified atom stereocenters. The van der Waals surface area contributed by atoms with Crippen molar-refractivity contribution < 1.29 is 4.74 Å². The zero-order valence-corrected chi connectivity index (χ0v) is 14.5. The standard InChI is InChI=1S/C15H11Cl3N4O/c1-8(9-3-5-10(23-2)6-4-9)21-22-15-13(17)12(16)11(7-19)14(18)20-15/h3-6H,1-2H3,(H,20,22). The number of ether oxygens (including phenoxy) is 1. The number of nitriles is 1. The molecular weight excluding hydrogens is 359 g/mol. The molecule has 0 saturated heterocycles. The van der Waals surface area contributed by atoms with Crippen LogP contribution in [0.5, 0.6) is 5.75 Å². The maximum absolute atomic E-state index is 8.95. The highest BCUT2D eigenvalue weighted by Gasteiger charge is 2.16. The molecule has 5 nitrogen and oxygen atoms in total. The lowest BCUT2D eigenvalue weighted by molar-refractivity contribution is 0.415. The molecule has 0 aliphatic rings. The Morgan fingerprint density at radius 2 is 1.87 bits per heavy atom. The third-order valence-corrected chi connectivity index (χ3v) is 4.10. The number of nitrogens with zero attached hydrogens (tertiary/aromatic N) is 3. The predicted octanol–water partition coefficient (Wildman–Crippen LogP) is 4.76. The fourth-order valence-electron chi connectivity index (χ4n) is 1.71. The highest BCUT2D eigenvalue weighted by molar-refractivity contribution is 6.45. The van der Waals surface area contributed by atoms with E-state index in [2.05, 4.69) is 15.5 Å². The van der Waals surface area contributed by atoms with Crippen molar-refractivity contribution in [3.05, 3.63) is 50.6 Å². The number of rotatable bonds is 4.